The Morgan fingerprint density at radius 3 is 1.46 bits per heavy atom. The quantitative estimate of drug-likeness (QED) is 0.183. The average molecular weight is 408 g/mol. The van der Waals surface area contributed by atoms with Crippen molar-refractivity contribution in [1.29, 1.82) is 0 Å². The molecule has 28 heavy (non-hydrogen) atoms. The SMILES string of the molecule is CCCCCCCCCCCCCCCCCCNc1ccc(C(=O)Cl)cc1. The summed E-state index contributed by atoms with van der Waals surface area (Å²) < 4.78 is 0. The molecular formula is C25H42ClNO. The molecule has 0 saturated heterocycles. The number of hydrogen-bond acceptors (Lipinski definition) is 2. The van der Waals surface area contributed by atoms with Crippen molar-refractivity contribution >= 4 is 22.5 Å². The third kappa shape index (κ3) is 14.0. The molecule has 1 N–H and O–H groups in total. The molecule has 0 bridgehead atoms. The highest BCUT2D eigenvalue weighted by molar-refractivity contribution is 6.67. The van der Waals surface area contributed by atoms with Crippen LogP contribution in [0.3, 0.4) is 0 Å². The summed E-state index contributed by atoms with van der Waals surface area (Å²) in [4.78, 5) is 11.0. The van der Waals surface area contributed by atoms with Gasteiger partial charge in [-0.1, -0.05) is 103 Å². The molecule has 2 nitrogen and oxygen atoms in total. The topological polar surface area (TPSA) is 29.1 Å². The van der Waals surface area contributed by atoms with Gasteiger partial charge in [0.25, 0.3) is 5.24 Å². The molecule has 1 aromatic carbocycles. The molecule has 0 atom stereocenters. The van der Waals surface area contributed by atoms with Crippen molar-refractivity contribution in [2.75, 3.05) is 11.9 Å². The largest absolute Gasteiger partial charge is 0.385 e. The lowest BCUT2D eigenvalue weighted by molar-refractivity contribution is 0.108. The molecule has 0 heterocycles. The van der Waals surface area contributed by atoms with Crippen LogP contribution in [0.4, 0.5) is 5.69 Å². The molecule has 0 spiro atoms. The first-order chi connectivity index (χ1) is 13.7. The van der Waals surface area contributed by atoms with Crippen LogP contribution in [0.5, 0.6) is 0 Å². The van der Waals surface area contributed by atoms with Crippen LogP contribution >= 0.6 is 11.6 Å². The van der Waals surface area contributed by atoms with Gasteiger partial charge in [-0.15, -0.1) is 0 Å². The van der Waals surface area contributed by atoms with E-state index in [4.69, 9.17) is 11.6 Å². The van der Waals surface area contributed by atoms with Crippen molar-refractivity contribution < 1.29 is 4.79 Å². The number of anilines is 1. The van der Waals surface area contributed by atoms with Gasteiger partial charge in [-0.2, -0.15) is 0 Å². The maximum absolute atomic E-state index is 11.0. The Labute approximate surface area is 178 Å². The fraction of sp³-hybridized carbons (Fsp3) is 0.720. The maximum atomic E-state index is 11.0. The molecule has 0 amide bonds. The van der Waals surface area contributed by atoms with Crippen molar-refractivity contribution in [1.82, 2.24) is 0 Å². The summed E-state index contributed by atoms with van der Waals surface area (Å²) in [5, 5.41) is 3.01. The molecule has 0 radical (unpaired) electrons. The molecule has 1 aromatic rings. The van der Waals surface area contributed by atoms with E-state index in [2.05, 4.69) is 12.2 Å². The van der Waals surface area contributed by atoms with Crippen LogP contribution in [0, 0.1) is 0 Å². The minimum atomic E-state index is -0.399. The first-order valence-electron chi connectivity index (χ1n) is 11.8. The minimum Gasteiger partial charge on any atom is -0.385 e. The Balaban J connectivity index is 1.79. The van der Waals surface area contributed by atoms with Gasteiger partial charge < -0.3 is 5.32 Å². The number of hydrogen-bond donors (Lipinski definition) is 1. The van der Waals surface area contributed by atoms with Crippen molar-refractivity contribution in [2.45, 2.75) is 110 Å². The van der Waals surface area contributed by atoms with Crippen molar-refractivity contribution in [2.24, 2.45) is 0 Å². The molecule has 0 saturated carbocycles. The van der Waals surface area contributed by atoms with E-state index in [1.54, 1.807) is 12.1 Å². The predicted molar refractivity (Wildman–Crippen MR) is 125 cm³/mol. The lowest BCUT2D eigenvalue weighted by Crippen LogP contribution is -2.01. The fourth-order valence-corrected chi connectivity index (χ4v) is 3.75. The van der Waals surface area contributed by atoms with E-state index in [9.17, 15) is 4.79 Å². The van der Waals surface area contributed by atoms with E-state index in [1.807, 2.05) is 12.1 Å². The molecule has 0 aliphatic heterocycles. The summed E-state index contributed by atoms with van der Waals surface area (Å²) in [6.45, 7) is 3.28. The number of halogens is 1. The van der Waals surface area contributed by atoms with Gasteiger partial charge in [0.1, 0.15) is 0 Å². The van der Waals surface area contributed by atoms with Crippen LogP contribution in [0.15, 0.2) is 24.3 Å². The van der Waals surface area contributed by atoms with Gasteiger partial charge in [0.15, 0.2) is 0 Å². The van der Waals surface area contributed by atoms with Gasteiger partial charge in [0.2, 0.25) is 0 Å². The van der Waals surface area contributed by atoms with E-state index in [-0.39, 0.29) is 0 Å². The standard InChI is InChI=1S/C25H42ClNO/c1-2-3-4-5-6-7-8-9-10-11-12-13-14-15-16-17-22-27-24-20-18-23(19-21-24)25(26)28/h18-21,27H,2-17,22H2,1H3. The zero-order valence-corrected chi connectivity index (χ0v) is 18.9. The molecule has 0 fully saturated rings. The van der Waals surface area contributed by atoms with Crippen LogP contribution in [0.2, 0.25) is 0 Å². The average Bonchev–Trinajstić information content (AvgIpc) is 2.70. The number of benzene rings is 1. The third-order valence-corrected chi connectivity index (χ3v) is 5.69. The maximum Gasteiger partial charge on any atom is 0.252 e. The molecule has 0 unspecified atom stereocenters. The predicted octanol–water partition coefficient (Wildman–Crippen LogP) is 8.74. The van der Waals surface area contributed by atoms with E-state index >= 15 is 0 Å². The number of carbonyl (C=O) groups is 1. The molecule has 0 aliphatic carbocycles. The summed E-state index contributed by atoms with van der Waals surface area (Å²) in [5.74, 6) is 0. The summed E-state index contributed by atoms with van der Waals surface area (Å²) in [7, 11) is 0. The zero-order valence-electron chi connectivity index (χ0n) is 18.1. The lowest BCUT2D eigenvalue weighted by atomic mass is 10.0. The van der Waals surface area contributed by atoms with Crippen LogP contribution in [0.25, 0.3) is 0 Å². The summed E-state index contributed by atoms with van der Waals surface area (Å²) in [6.07, 6.45) is 22.4. The van der Waals surface area contributed by atoms with E-state index < -0.39 is 5.24 Å². The van der Waals surface area contributed by atoms with Crippen molar-refractivity contribution in [3.8, 4) is 0 Å². The second-order valence-corrected chi connectivity index (χ2v) is 8.42. The third-order valence-electron chi connectivity index (χ3n) is 5.47. The highest BCUT2D eigenvalue weighted by Gasteiger charge is 2.00. The smallest absolute Gasteiger partial charge is 0.252 e. The zero-order chi connectivity index (χ0) is 20.3. The molecule has 3 heteroatoms. The summed E-state index contributed by atoms with van der Waals surface area (Å²) >= 11 is 5.45. The van der Waals surface area contributed by atoms with Gasteiger partial charge >= 0.3 is 0 Å². The van der Waals surface area contributed by atoms with Gasteiger partial charge in [-0.3, -0.25) is 4.79 Å². The normalized spacial score (nSPS) is 10.9. The van der Waals surface area contributed by atoms with Gasteiger partial charge in [-0.25, -0.2) is 0 Å². The minimum absolute atomic E-state index is 0.399. The Morgan fingerprint density at radius 1 is 0.679 bits per heavy atom. The lowest BCUT2D eigenvalue weighted by Gasteiger charge is -2.07. The highest BCUT2D eigenvalue weighted by Crippen LogP contribution is 2.14. The fourth-order valence-electron chi connectivity index (χ4n) is 3.62. The van der Waals surface area contributed by atoms with Crippen molar-refractivity contribution in [3.63, 3.8) is 0 Å². The van der Waals surface area contributed by atoms with Gasteiger partial charge in [0.05, 0.1) is 0 Å². The second kappa shape index (κ2) is 18.0. The van der Waals surface area contributed by atoms with Crippen LogP contribution in [-0.4, -0.2) is 11.8 Å². The Bertz CT molecular complexity index is 486. The number of rotatable bonds is 19. The first-order valence-corrected chi connectivity index (χ1v) is 12.2. The monoisotopic (exact) mass is 407 g/mol. The first kappa shape index (κ1) is 25.0. The van der Waals surface area contributed by atoms with E-state index in [0.29, 0.717) is 5.56 Å². The Hall–Kier alpha value is -1.02. The highest BCUT2D eigenvalue weighted by atomic mass is 35.5. The van der Waals surface area contributed by atoms with E-state index in [0.717, 1.165) is 12.2 Å². The molecule has 1 rings (SSSR count). The number of unbranched alkanes of at least 4 members (excludes halogenated alkanes) is 15. The van der Waals surface area contributed by atoms with E-state index in [1.165, 1.54) is 103 Å². The molecular weight excluding hydrogens is 366 g/mol. The second-order valence-electron chi connectivity index (χ2n) is 8.08. The Morgan fingerprint density at radius 2 is 1.07 bits per heavy atom. The molecule has 160 valence electrons. The van der Waals surface area contributed by atoms with Crippen LogP contribution < -0.4 is 5.32 Å². The number of carbonyl (C=O) groups excluding carboxylic acids is 1. The van der Waals surface area contributed by atoms with Crippen LogP contribution in [-0.2, 0) is 0 Å². The van der Waals surface area contributed by atoms with Gasteiger partial charge in [-0.05, 0) is 42.3 Å². The summed E-state index contributed by atoms with van der Waals surface area (Å²) in [5.41, 5.74) is 1.61. The number of nitrogens with one attached hydrogen (secondary N) is 1. The summed E-state index contributed by atoms with van der Waals surface area (Å²) in [6, 6.07) is 7.38. The molecule has 0 aliphatic rings. The molecule has 0 aromatic heterocycles. The van der Waals surface area contributed by atoms with Crippen molar-refractivity contribution in [3.05, 3.63) is 29.8 Å². The Kier molecular flexibility index (Phi) is 16.1. The van der Waals surface area contributed by atoms with Crippen LogP contribution in [0.1, 0.15) is 120 Å². The van der Waals surface area contributed by atoms with Gasteiger partial charge in [0, 0.05) is 17.8 Å².